The van der Waals surface area contributed by atoms with Gasteiger partial charge in [-0.2, -0.15) is 0 Å². The molecule has 178 valence electrons. The van der Waals surface area contributed by atoms with E-state index in [-0.39, 0.29) is 24.0 Å². The van der Waals surface area contributed by atoms with Crippen molar-refractivity contribution in [1.29, 1.82) is 0 Å². The summed E-state index contributed by atoms with van der Waals surface area (Å²) in [5.41, 5.74) is 1.34. The molecule has 0 radical (unpaired) electrons. The van der Waals surface area contributed by atoms with Crippen molar-refractivity contribution in [2.75, 3.05) is 40.3 Å². The maximum absolute atomic E-state index is 5.34. The third-order valence-corrected chi connectivity index (χ3v) is 7.08. The van der Waals surface area contributed by atoms with Crippen LogP contribution in [0.1, 0.15) is 48.2 Å². The molecule has 0 saturated carbocycles. The van der Waals surface area contributed by atoms with Crippen LogP contribution in [-0.2, 0) is 12.8 Å². The van der Waals surface area contributed by atoms with Gasteiger partial charge < -0.3 is 15.4 Å². The SMILES string of the molecule is CCNC(=NCC1CCCN(C)C1c1ccc(OC)cc1)NCCc1ncc(CC)s1.I. The van der Waals surface area contributed by atoms with E-state index in [1.807, 2.05) is 17.5 Å². The fraction of sp³-hybridized carbons (Fsp3) is 0.583. The van der Waals surface area contributed by atoms with E-state index in [2.05, 4.69) is 65.7 Å². The number of aryl methyl sites for hydroxylation is 1. The molecule has 2 N–H and O–H groups in total. The molecule has 1 fully saturated rings. The van der Waals surface area contributed by atoms with Gasteiger partial charge in [-0.1, -0.05) is 19.1 Å². The maximum atomic E-state index is 5.34. The molecular formula is C24H38IN5OS. The van der Waals surface area contributed by atoms with Crippen LogP contribution in [0.15, 0.2) is 35.5 Å². The van der Waals surface area contributed by atoms with E-state index < -0.39 is 0 Å². The van der Waals surface area contributed by atoms with Crippen LogP contribution < -0.4 is 15.4 Å². The van der Waals surface area contributed by atoms with Gasteiger partial charge in [0.25, 0.3) is 0 Å². The minimum Gasteiger partial charge on any atom is -0.497 e. The lowest BCUT2D eigenvalue weighted by atomic mass is 9.85. The van der Waals surface area contributed by atoms with Crippen molar-refractivity contribution in [3.63, 3.8) is 0 Å². The Labute approximate surface area is 214 Å². The highest BCUT2D eigenvalue weighted by Crippen LogP contribution is 2.35. The standard InChI is InChI=1S/C24H37N5OS.HI/c1-5-21-17-27-22(31-21)13-14-26-24(25-6-2)28-16-19-8-7-15-29(3)23(19)18-9-11-20(30-4)12-10-18;/h9-12,17,19,23H,5-8,13-16H2,1-4H3,(H2,25,26,28);1H. The van der Waals surface area contributed by atoms with E-state index in [1.54, 1.807) is 7.11 Å². The molecule has 1 aromatic heterocycles. The molecule has 2 unspecified atom stereocenters. The van der Waals surface area contributed by atoms with E-state index in [4.69, 9.17) is 9.73 Å². The highest BCUT2D eigenvalue weighted by Gasteiger charge is 2.30. The third kappa shape index (κ3) is 7.59. The molecule has 2 aromatic rings. The Kier molecular flexibility index (Phi) is 11.7. The van der Waals surface area contributed by atoms with Gasteiger partial charge in [0, 0.05) is 43.2 Å². The van der Waals surface area contributed by atoms with Gasteiger partial charge in [0.15, 0.2) is 5.96 Å². The van der Waals surface area contributed by atoms with Crippen molar-refractivity contribution in [2.24, 2.45) is 10.9 Å². The molecule has 1 aliphatic rings. The van der Waals surface area contributed by atoms with Crippen LogP contribution in [0.4, 0.5) is 0 Å². The lowest BCUT2D eigenvalue weighted by Crippen LogP contribution is -2.40. The molecule has 3 rings (SSSR count). The summed E-state index contributed by atoms with van der Waals surface area (Å²) in [5, 5.41) is 8.08. The molecule has 2 heterocycles. The molecule has 32 heavy (non-hydrogen) atoms. The van der Waals surface area contributed by atoms with Crippen molar-refractivity contribution < 1.29 is 4.74 Å². The topological polar surface area (TPSA) is 61.8 Å². The minimum atomic E-state index is 0. The number of thiazole rings is 1. The number of methoxy groups -OCH3 is 1. The number of hydrogen-bond acceptors (Lipinski definition) is 5. The van der Waals surface area contributed by atoms with E-state index >= 15 is 0 Å². The number of aromatic nitrogens is 1. The van der Waals surface area contributed by atoms with Crippen molar-refractivity contribution in [1.82, 2.24) is 20.5 Å². The monoisotopic (exact) mass is 571 g/mol. The minimum absolute atomic E-state index is 0. The highest BCUT2D eigenvalue weighted by molar-refractivity contribution is 14.0. The average molecular weight is 572 g/mol. The lowest BCUT2D eigenvalue weighted by Gasteiger charge is -2.39. The first-order valence-electron chi connectivity index (χ1n) is 11.4. The summed E-state index contributed by atoms with van der Waals surface area (Å²) in [5.74, 6) is 2.30. The second-order valence-electron chi connectivity index (χ2n) is 8.07. The van der Waals surface area contributed by atoms with Gasteiger partial charge in [0.2, 0.25) is 0 Å². The van der Waals surface area contributed by atoms with E-state index in [1.165, 1.54) is 28.3 Å². The van der Waals surface area contributed by atoms with Crippen LogP contribution in [0.2, 0.25) is 0 Å². The number of aliphatic imine (C=N–C) groups is 1. The first-order chi connectivity index (χ1) is 15.1. The number of halogens is 1. The smallest absolute Gasteiger partial charge is 0.191 e. The van der Waals surface area contributed by atoms with Gasteiger partial charge in [-0.25, -0.2) is 4.98 Å². The summed E-state index contributed by atoms with van der Waals surface area (Å²) in [6.07, 6.45) is 6.40. The van der Waals surface area contributed by atoms with Gasteiger partial charge >= 0.3 is 0 Å². The highest BCUT2D eigenvalue weighted by atomic mass is 127. The number of nitrogens with one attached hydrogen (secondary N) is 2. The molecule has 8 heteroatoms. The van der Waals surface area contributed by atoms with E-state index in [9.17, 15) is 0 Å². The van der Waals surface area contributed by atoms with Crippen LogP contribution >= 0.6 is 35.3 Å². The van der Waals surface area contributed by atoms with Crippen LogP contribution in [0, 0.1) is 5.92 Å². The molecule has 6 nitrogen and oxygen atoms in total. The zero-order chi connectivity index (χ0) is 22.1. The molecule has 2 atom stereocenters. The normalized spacial score (nSPS) is 19.3. The summed E-state index contributed by atoms with van der Waals surface area (Å²) in [7, 11) is 3.94. The Morgan fingerprint density at radius 3 is 2.69 bits per heavy atom. The number of piperidine rings is 1. The first kappa shape index (κ1) is 26.9. The van der Waals surface area contributed by atoms with E-state index in [0.717, 1.165) is 50.7 Å². The first-order valence-corrected chi connectivity index (χ1v) is 12.3. The Morgan fingerprint density at radius 2 is 2.03 bits per heavy atom. The molecule has 0 spiro atoms. The molecule has 1 aliphatic heterocycles. The molecule has 0 amide bonds. The van der Waals surface area contributed by atoms with Crippen LogP contribution in [0.5, 0.6) is 5.75 Å². The maximum Gasteiger partial charge on any atom is 0.191 e. The Hall–Kier alpha value is -1.39. The largest absolute Gasteiger partial charge is 0.497 e. The van der Waals surface area contributed by atoms with Crippen LogP contribution in [-0.4, -0.2) is 56.2 Å². The van der Waals surface area contributed by atoms with Crippen LogP contribution in [0.3, 0.4) is 0 Å². The van der Waals surface area contributed by atoms with Gasteiger partial charge in [0.05, 0.1) is 12.1 Å². The summed E-state index contributed by atoms with van der Waals surface area (Å²) in [4.78, 5) is 13.3. The fourth-order valence-corrected chi connectivity index (χ4v) is 5.11. The van der Waals surface area contributed by atoms with Gasteiger partial charge in [0.1, 0.15) is 5.75 Å². The number of ether oxygens (including phenoxy) is 1. The number of rotatable bonds is 9. The summed E-state index contributed by atoms with van der Waals surface area (Å²) < 4.78 is 5.34. The molecule has 0 bridgehead atoms. The summed E-state index contributed by atoms with van der Waals surface area (Å²) in [6.45, 7) is 7.92. The fourth-order valence-electron chi connectivity index (χ4n) is 4.24. The quantitative estimate of drug-likeness (QED) is 0.264. The molecule has 0 aliphatic carbocycles. The predicted molar refractivity (Wildman–Crippen MR) is 146 cm³/mol. The second-order valence-corrected chi connectivity index (χ2v) is 9.27. The Bertz CT molecular complexity index is 826. The number of benzene rings is 1. The summed E-state index contributed by atoms with van der Waals surface area (Å²) >= 11 is 1.81. The van der Waals surface area contributed by atoms with Crippen molar-refractivity contribution in [3.8, 4) is 5.75 Å². The van der Waals surface area contributed by atoms with Crippen molar-refractivity contribution in [3.05, 3.63) is 45.9 Å². The Balaban J connectivity index is 0.00000363. The summed E-state index contributed by atoms with van der Waals surface area (Å²) in [6, 6.07) is 8.90. The molecule has 1 aromatic carbocycles. The predicted octanol–water partition coefficient (Wildman–Crippen LogP) is 4.51. The number of hydrogen-bond donors (Lipinski definition) is 2. The zero-order valence-corrected chi connectivity index (χ0v) is 22.9. The lowest BCUT2D eigenvalue weighted by molar-refractivity contribution is 0.125. The van der Waals surface area contributed by atoms with Crippen molar-refractivity contribution in [2.45, 2.75) is 45.6 Å². The van der Waals surface area contributed by atoms with Gasteiger partial charge in [-0.05, 0) is 63.4 Å². The van der Waals surface area contributed by atoms with Gasteiger partial charge in [-0.3, -0.25) is 9.89 Å². The molecule has 1 saturated heterocycles. The number of nitrogens with zero attached hydrogens (tertiary/aromatic N) is 3. The number of guanidine groups is 1. The third-order valence-electron chi connectivity index (χ3n) is 5.87. The molecular weight excluding hydrogens is 533 g/mol. The van der Waals surface area contributed by atoms with E-state index in [0.29, 0.717) is 12.0 Å². The van der Waals surface area contributed by atoms with Crippen molar-refractivity contribution >= 4 is 41.3 Å². The Morgan fingerprint density at radius 1 is 1.25 bits per heavy atom. The number of likely N-dealkylation sites (tertiary alicyclic amines) is 1. The van der Waals surface area contributed by atoms with Gasteiger partial charge in [-0.15, -0.1) is 35.3 Å². The zero-order valence-electron chi connectivity index (χ0n) is 19.8. The van der Waals surface area contributed by atoms with Crippen LogP contribution in [0.25, 0.3) is 0 Å². The average Bonchev–Trinajstić information content (AvgIpc) is 3.25. The second kappa shape index (κ2) is 14.0.